The van der Waals surface area contributed by atoms with E-state index in [2.05, 4.69) is 0 Å². The molecular weight excluding hydrogens is 206 g/mol. The molecule has 5 heteroatoms. The highest BCUT2D eigenvalue weighted by atomic mass is 16.5. The number of nitrogens with two attached hydrogens (primary N) is 1. The van der Waals surface area contributed by atoms with Crippen molar-refractivity contribution in [3.8, 4) is 6.07 Å². The zero-order valence-electron chi connectivity index (χ0n) is 9.85. The summed E-state index contributed by atoms with van der Waals surface area (Å²) in [5.74, 6) is 0.0915. The predicted molar refractivity (Wildman–Crippen MR) is 59.4 cm³/mol. The van der Waals surface area contributed by atoms with E-state index in [1.807, 2.05) is 19.9 Å². The van der Waals surface area contributed by atoms with Crippen molar-refractivity contribution >= 4 is 5.91 Å². The Bertz CT molecular complexity index is 287. The predicted octanol–water partition coefficient (Wildman–Crippen LogP) is 0.111. The van der Waals surface area contributed by atoms with Gasteiger partial charge in [-0.15, -0.1) is 0 Å². The van der Waals surface area contributed by atoms with Crippen LogP contribution in [0.3, 0.4) is 0 Å². The number of carbonyl (C=O) groups is 1. The molecule has 16 heavy (non-hydrogen) atoms. The molecule has 0 saturated carbocycles. The lowest BCUT2D eigenvalue weighted by atomic mass is 9.98. The number of amides is 1. The monoisotopic (exact) mass is 225 g/mol. The van der Waals surface area contributed by atoms with Crippen LogP contribution in [0.1, 0.15) is 20.3 Å². The Hall–Kier alpha value is -1.12. The summed E-state index contributed by atoms with van der Waals surface area (Å²) in [6.07, 6.45) is 0.362. The van der Waals surface area contributed by atoms with Crippen LogP contribution in [-0.4, -0.2) is 42.6 Å². The highest BCUT2D eigenvalue weighted by molar-refractivity contribution is 5.82. The summed E-state index contributed by atoms with van der Waals surface area (Å²) < 4.78 is 5.18. The maximum atomic E-state index is 12.0. The summed E-state index contributed by atoms with van der Waals surface area (Å²) in [5.41, 5.74) is 5.87. The van der Waals surface area contributed by atoms with E-state index in [0.29, 0.717) is 19.7 Å². The van der Waals surface area contributed by atoms with Gasteiger partial charge in [-0.05, 0) is 5.92 Å². The summed E-state index contributed by atoms with van der Waals surface area (Å²) in [5, 5.41) is 8.74. The summed E-state index contributed by atoms with van der Waals surface area (Å²) in [6.45, 7) is 5.25. The molecule has 1 aliphatic rings. The van der Waals surface area contributed by atoms with Gasteiger partial charge in [0.15, 0.2) is 6.10 Å². The Labute approximate surface area is 96.2 Å². The van der Waals surface area contributed by atoms with Gasteiger partial charge in [0.25, 0.3) is 0 Å². The molecule has 1 fully saturated rings. The molecule has 3 atom stereocenters. The summed E-state index contributed by atoms with van der Waals surface area (Å²) in [6, 6.07) is 1.54. The van der Waals surface area contributed by atoms with E-state index in [4.69, 9.17) is 15.7 Å². The van der Waals surface area contributed by atoms with E-state index in [1.54, 1.807) is 4.90 Å². The topological polar surface area (TPSA) is 79.3 Å². The second-order valence-electron chi connectivity index (χ2n) is 4.18. The average Bonchev–Trinajstić information content (AvgIpc) is 2.36. The lowest BCUT2D eigenvalue weighted by molar-refractivity contribution is -0.139. The molecule has 1 rings (SSSR count). The minimum Gasteiger partial charge on any atom is -0.360 e. The SMILES string of the molecule is CCC(C)C(N)C(=O)N1CCOC(C#N)C1. The standard InChI is InChI=1S/C11H19N3O2/c1-3-8(2)10(13)11(15)14-4-5-16-9(6-12)7-14/h8-10H,3-5,7,13H2,1-2H3. The van der Waals surface area contributed by atoms with Crippen LogP contribution in [0.2, 0.25) is 0 Å². The summed E-state index contributed by atoms with van der Waals surface area (Å²) in [4.78, 5) is 13.6. The summed E-state index contributed by atoms with van der Waals surface area (Å²) in [7, 11) is 0. The number of nitriles is 1. The lowest BCUT2D eigenvalue weighted by Gasteiger charge is -2.32. The van der Waals surface area contributed by atoms with Gasteiger partial charge < -0.3 is 15.4 Å². The van der Waals surface area contributed by atoms with Crippen LogP contribution in [0.15, 0.2) is 0 Å². The zero-order valence-corrected chi connectivity index (χ0v) is 9.85. The van der Waals surface area contributed by atoms with Crippen LogP contribution in [0, 0.1) is 17.2 Å². The molecule has 1 aliphatic heterocycles. The van der Waals surface area contributed by atoms with Crippen LogP contribution in [0.5, 0.6) is 0 Å². The van der Waals surface area contributed by atoms with E-state index in [9.17, 15) is 4.79 Å². The maximum absolute atomic E-state index is 12.0. The second-order valence-corrected chi connectivity index (χ2v) is 4.18. The number of morpholine rings is 1. The van der Waals surface area contributed by atoms with Crippen molar-refractivity contribution in [3.05, 3.63) is 0 Å². The molecule has 1 saturated heterocycles. The van der Waals surface area contributed by atoms with Crippen LogP contribution in [-0.2, 0) is 9.53 Å². The molecule has 0 aromatic carbocycles. The third-order valence-electron chi connectivity index (χ3n) is 3.06. The van der Waals surface area contributed by atoms with Gasteiger partial charge >= 0.3 is 0 Å². The van der Waals surface area contributed by atoms with Crippen molar-refractivity contribution < 1.29 is 9.53 Å². The molecule has 0 bridgehead atoms. The van der Waals surface area contributed by atoms with Crippen molar-refractivity contribution in [3.63, 3.8) is 0 Å². The Kier molecular flexibility index (Phi) is 4.71. The van der Waals surface area contributed by atoms with Crippen LogP contribution in [0.4, 0.5) is 0 Å². The van der Waals surface area contributed by atoms with Crippen molar-refractivity contribution in [2.45, 2.75) is 32.4 Å². The van der Waals surface area contributed by atoms with Gasteiger partial charge in [0.05, 0.1) is 25.3 Å². The first-order valence-electron chi connectivity index (χ1n) is 5.65. The molecule has 0 spiro atoms. The normalized spacial score (nSPS) is 24.6. The Balaban J connectivity index is 2.57. The molecule has 1 amide bonds. The smallest absolute Gasteiger partial charge is 0.239 e. The maximum Gasteiger partial charge on any atom is 0.239 e. The van der Waals surface area contributed by atoms with E-state index >= 15 is 0 Å². The molecular formula is C11H19N3O2. The van der Waals surface area contributed by atoms with Gasteiger partial charge in [-0.25, -0.2) is 0 Å². The second kappa shape index (κ2) is 5.83. The quantitative estimate of drug-likeness (QED) is 0.739. The summed E-state index contributed by atoms with van der Waals surface area (Å²) >= 11 is 0. The van der Waals surface area contributed by atoms with Crippen molar-refractivity contribution in [1.82, 2.24) is 4.90 Å². The van der Waals surface area contributed by atoms with Gasteiger partial charge in [-0.3, -0.25) is 4.79 Å². The minimum atomic E-state index is -0.512. The first-order valence-corrected chi connectivity index (χ1v) is 5.65. The fourth-order valence-electron chi connectivity index (χ4n) is 1.64. The molecule has 5 nitrogen and oxygen atoms in total. The van der Waals surface area contributed by atoms with Crippen molar-refractivity contribution in [2.75, 3.05) is 19.7 Å². The fraction of sp³-hybridized carbons (Fsp3) is 0.818. The molecule has 0 aromatic heterocycles. The van der Waals surface area contributed by atoms with Crippen LogP contribution in [0.25, 0.3) is 0 Å². The number of hydrogen-bond acceptors (Lipinski definition) is 4. The molecule has 0 radical (unpaired) electrons. The van der Waals surface area contributed by atoms with E-state index in [1.165, 1.54) is 0 Å². The van der Waals surface area contributed by atoms with Crippen LogP contribution < -0.4 is 5.73 Å². The average molecular weight is 225 g/mol. The largest absolute Gasteiger partial charge is 0.360 e. The number of rotatable bonds is 3. The van der Waals surface area contributed by atoms with Crippen molar-refractivity contribution in [1.29, 1.82) is 5.26 Å². The van der Waals surface area contributed by atoms with Crippen LogP contribution >= 0.6 is 0 Å². The Morgan fingerprint density at radius 2 is 2.44 bits per heavy atom. The highest BCUT2D eigenvalue weighted by Crippen LogP contribution is 2.11. The number of ether oxygens (including phenoxy) is 1. The minimum absolute atomic E-state index is 0.0714. The Morgan fingerprint density at radius 3 is 3.00 bits per heavy atom. The third kappa shape index (κ3) is 2.94. The van der Waals surface area contributed by atoms with Gasteiger partial charge in [0.2, 0.25) is 5.91 Å². The van der Waals surface area contributed by atoms with E-state index < -0.39 is 12.1 Å². The first kappa shape index (κ1) is 12.9. The Morgan fingerprint density at radius 1 is 1.75 bits per heavy atom. The van der Waals surface area contributed by atoms with Gasteiger partial charge in [0, 0.05) is 6.54 Å². The molecule has 90 valence electrons. The lowest BCUT2D eigenvalue weighted by Crippen LogP contribution is -2.52. The van der Waals surface area contributed by atoms with Crippen molar-refractivity contribution in [2.24, 2.45) is 11.7 Å². The molecule has 0 aromatic rings. The highest BCUT2D eigenvalue weighted by Gasteiger charge is 2.29. The third-order valence-corrected chi connectivity index (χ3v) is 3.06. The zero-order chi connectivity index (χ0) is 12.1. The molecule has 2 N–H and O–H groups in total. The van der Waals surface area contributed by atoms with E-state index in [-0.39, 0.29) is 11.8 Å². The van der Waals surface area contributed by atoms with Gasteiger partial charge in [0.1, 0.15) is 0 Å². The number of nitrogens with zero attached hydrogens (tertiary/aromatic N) is 2. The first-order chi connectivity index (χ1) is 7.60. The van der Waals surface area contributed by atoms with Gasteiger partial charge in [-0.1, -0.05) is 20.3 Å². The number of carbonyl (C=O) groups excluding carboxylic acids is 1. The van der Waals surface area contributed by atoms with E-state index in [0.717, 1.165) is 6.42 Å². The molecule has 1 heterocycles. The number of hydrogen-bond donors (Lipinski definition) is 1. The molecule has 0 aliphatic carbocycles. The molecule has 3 unspecified atom stereocenters. The van der Waals surface area contributed by atoms with Gasteiger partial charge in [-0.2, -0.15) is 5.26 Å². The fourth-order valence-corrected chi connectivity index (χ4v) is 1.64.